The van der Waals surface area contributed by atoms with E-state index in [0.717, 1.165) is 73.7 Å². The van der Waals surface area contributed by atoms with Crippen molar-refractivity contribution in [2.75, 3.05) is 26.3 Å². The summed E-state index contributed by atoms with van der Waals surface area (Å²) in [5.74, 6) is -1.11. The number of aliphatic carboxylic acids is 1. The molecule has 2 aromatic rings. The number of carboxylic acids is 1. The molecule has 8 nitrogen and oxygen atoms in total. The third-order valence-electron chi connectivity index (χ3n) is 9.70. The van der Waals surface area contributed by atoms with E-state index in [2.05, 4.69) is 0 Å². The van der Waals surface area contributed by atoms with E-state index < -0.39 is 5.97 Å². The van der Waals surface area contributed by atoms with Crippen LogP contribution in [0.2, 0.25) is 5.02 Å². The Morgan fingerprint density at radius 1 is 1.07 bits per heavy atom. The number of rotatable bonds is 5. The Labute approximate surface area is 238 Å². The summed E-state index contributed by atoms with van der Waals surface area (Å²) in [6, 6.07) is 5.64. The van der Waals surface area contributed by atoms with Gasteiger partial charge in [-0.2, -0.15) is 9.78 Å². The molecule has 2 unspecified atom stereocenters. The van der Waals surface area contributed by atoms with Gasteiger partial charge in [-0.3, -0.25) is 14.4 Å². The van der Waals surface area contributed by atoms with Crippen LogP contribution < -0.4 is 0 Å². The Kier molecular flexibility index (Phi) is 6.39. The first-order valence-electron chi connectivity index (χ1n) is 14.6. The summed E-state index contributed by atoms with van der Waals surface area (Å²) < 4.78 is 7.11. The van der Waals surface area contributed by atoms with Crippen molar-refractivity contribution in [3.8, 4) is 0 Å². The van der Waals surface area contributed by atoms with Crippen molar-refractivity contribution in [1.29, 1.82) is 0 Å². The Morgan fingerprint density at radius 2 is 1.88 bits per heavy atom. The average molecular weight is 564 g/mol. The fourth-order valence-corrected chi connectivity index (χ4v) is 7.47. The van der Waals surface area contributed by atoms with E-state index in [-0.39, 0.29) is 29.1 Å². The summed E-state index contributed by atoms with van der Waals surface area (Å²) in [6.07, 6.45) is 8.51. The standard InChI is InChI=1S/C31H34ClN3O5/c32-24-3-1-2-22(18-4-5-18)26(24)29(37)35-25-14-21(28(36)34-15-31(16-34)12-13-40-17-31)10-11-23(25)27(33-35)19-6-8-20(9-7-19)30(38)39/h1-3,6,18,20-21H,4-5,7-17H2,(H,38,39). The number of benzene rings is 1. The molecule has 2 saturated heterocycles. The average Bonchev–Trinajstić information content (AvgIpc) is 3.54. The highest BCUT2D eigenvalue weighted by Gasteiger charge is 2.49. The van der Waals surface area contributed by atoms with Crippen molar-refractivity contribution in [2.45, 2.75) is 63.7 Å². The number of allylic oxidation sites excluding steroid dienone is 2. The zero-order valence-corrected chi connectivity index (χ0v) is 23.3. The van der Waals surface area contributed by atoms with Crippen LogP contribution in [0.15, 0.2) is 24.3 Å². The van der Waals surface area contributed by atoms with Gasteiger partial charge in [0.15, 0.2) is 0 Å². The van der Waals surface area contributed by atoms with Crippen molar-refractivity contribution in [1.82, 2.24) is 14.7 Å². The topological polar surface area (TPSA) is 102 Å². The van der Waals surface area contributed by atoms with Crippen molar-refractivity contribution in [3.05, 3.63) is 57.4 Å². The van der Waals surface area contributed by atoms with Gasteiger partial charge in [0.25, 0.3) is 5.91 Å². The van der Waals surface area contributed by atoms with Crippen molar-refractivity contribution < 1.29 is 24.2 Å². The molecule has 5 aliphatic rings. The van der Waals surface area contributed by atoms with Crippen LogP contribution in [0.25, 0.3) is 5.57 Å². The normalized spacial score (nSPS) is 25.3. The molecule has 1 spiro atoms. The van der Waals surface area contributed by atoms with E-state index in [1.54, 1.807) is 6.07 Å². The molecule has 2 atom stereocenters. The highest BCUT2D eigenvalue weighted by Crippen LogP contribution is 2.45. The number of nitrogens with zero attached hydrogens (tertiary/aromatic N) is 3. The minimum absolute atomic E-state index is 0.130. The van der Waals surface area contributed by atoms with Gasteiger partial charge < -0.3 is 14.7 Å². The number of carbonyl (C=O) groups excluding carboxylic acids is 2. The van der Waals surface area contributed by atoms with Crippen LogP contribution >= 0.6 is 11.6 Å². The van der Waals surface area contributed by atoms with E-state index in [1.807, 2.05) is 23.1 Å². The summed E-state index contributed by atoms with van der Waals surface area (Å²) in [5, 5.41) is 14.8. The van der Waals surface area contributed by atoms with Gasteiger partial charge in [0.05, 0.1) is 34.5 Å². The van der Waals surface area contributed by atoms with Crippen LogP contribution in [-0.4, -0.2) is 63.9 Å². The largest absolute Gasteiger partial charge is 0.481 e. The van der Waals surface area contributed by atoms with Gasteiger partial charge in [-0.15, -0.1) is 0 Å². The number of aromatic nitrogens is 2. The number of hydrogen-bond acceptors (Lipinski definition) is 5. The molecule has 1 amide bonds. The molecular weight excluding hydrogens is 530 g/mol. The van der Waals surface area contributed by atoms with Gasteiger partial charge in [0.1, 0.15) is 0 Å². The van der Waals surface area contributed by atoms with E-state index in [4.69, 9.17) is 21.4 Å². The first-order chi connectivity index (χ1) is 19.3. The van der Waals surface area contributed by atoms with Gasteiger partial charge in [-0.1, -0.05) is 29.8 Å². The number of likely N-dealkylation sites (tertiary alicyclic amines) is 1. The fraction of sp³-hybridized carbons (Fsp3) is 0.548. The second-order valence-corrected chi connectivity index (χ2v) is 12.9. The summed E-state index contributed by atoms with van der Waals surface area (Å²) >= 11 is 6.64. The second kappa shape index (κ2) is 9.84. The highest BCUT2D eigenvalue weighted by atomic mass is 35.5. The predicted octanol–water partition coefficient (Wildman–Crippen LogP) is 4.72. The quantitative estimate of drug-likeness (QED) is 0.564. The van der Waals surface area contributed by atoms with Gasteiger partial charge in [0, 0.05) is 43.0 Å². The maximum Gasteiger partial charge on any atom is 0.306 e. The number of fused-ring (bicyclic) bond motifs is 1. The molecule has 9 heteroatoms. The summed E-state index contributed by atoms with van der Waals surface area (Å²) in [6.45, 7) is 3.00. The number of amides is 1. The summed E-state index contributed by atoms with van der Waals surface area (Å²) in [5.41, 5.74) is 5.20. The van der Waals surface area contributed by atoms with Crippen LogP contribution in [0.1, 0.15) is 83.7 Å². The van der Waals surface area contributed by atoms with E-state index in [9.17, 15) is 19.5 Å². The first kappa shape index (κ1) is 26.0. The van der Waals surface area contributed by atoms with Gasteiger partial charge in [0.2, 0.25) is 5.91 Å². The predicted molar refractivity (Wildman–Crippen MR) is 148 cm³/mol. The third kappa shape index (κ3) is 4.40. The Balaban J connectivity index is 1.23. The summed E-state index contributed by atoms with van der Waals surface area (Å²) in [4.78, 5) is 41.2. The number of halogens is 1. The van der Waals surface area contributed by atoms with E-state index in [1.165, 1.54) is 4.68 Å². The van der Waals surface area contributed by atoms with Crippen LogP contribution in [0.3, 0.4) is 0 Å². The lowest BCUT2D eigenvalue weighted by Crippen LogP contribution is -2.60. The Morgan fingerprint density at radius 3 is 2.55 bits per heavy atom. The van der Waals surface area contributed by atoms with Gasteiger partial charge in [-0.05, 0) is 74.5 Å². The molecule has 210 valence electrons. The van der Waals surface area contributed by atoms with Gasteiger partial charge >= 0.3 is 5.97 Å². The maximum atomic E-state index is 14.2. The zero-order valence-electron chi connectivity index (χ0n) is 22.5. The number of ether oxygens (including phenoxy) is 1. The molecule has 0 radical (unpaired) electrons. The number of carboxylic acid groups (broad SMARTS) is 1. The minimum Gasteiger partial charge on any atom is -0.481 e. The van der Waals surface area contributed by atoms with Crippen LogP contribution in [0.5, 0.6) is 0 Å². The number of carbonyl (C=O) groups is 3. The molecule has 1 aromatic heterocycles. The first-order valence-corrected chi connectivity index (χ1v) is 14.9. The molecule has 40 heavy (non-hydrogen) atoms. The zero-order chi connectivity index (χ0) is 27.6. The molecule has 3 heterocycles. The lowest BCUT2D eigenvalue weighted by Gasteiger charge is -2.48. The molecule has 1 N–H and O–H groups in total. The van der Waals surface area contributed by atoms with Crippen molar-refractivity contribution in [2.24, 2.45) is 17.3 Å². The van der Waals surface area contributed by atoms with Crippen molar-refractivity contribution >= 4 is 35.0 Å². The molecule has 3 fully saturated rings. The molecule has 1 saturated carbocycles. The van der Waals surface area contributed by atoms with E-state index in [0.29, 0.717) is 55.0 Å². The maximum absolute atomic E-state index is 14.2. The van der Waals surface area contributed by atoms with E-state index >= 15 is 0 Å². The fourth-order valence-electron chi connectivity index (χ4n) is 7.21. The minimum atomic E-state index is -0.775. The monoisotopic (exact) mass is 563 g/mol. The second-order valence-electron chi connectivity index (χ2n) is 12.4. The SMILES string of the molecule is O=C(O)C1CC=C(c2nn(C(=O)c3c(Cl)cccc3C3CC3)c3c2CCC(C(=O)N2CC4(CCOC4)C2)C3)CC1. The Hall–Kier alpha value is -2.97. The molecule has 1 aromatic carbocycles. The smallest absolute Gasteiger partial charge is 0.306 e. The van der Waals surface area contributed by atoms with Crippen LogP contribution in [-0.2, 0) is 27.2 Å². The lowest BCUT2D eigenvalue weighted by atomic mass is 9.77. The molecule has 7 rings (SSSR count). The molecule has 2 aliphatic heterocycles. The highest BCUT2D eigenvalue weighted by molar-refractivity contribution is 6.34. The van der Waals surface area contributed by atoms with Crippen LogP contribution in [0, 0.1) is 17.3 Å². The lowest BCUT2D eigenvalue weighted by molar-refractivity contribution is -0.148. The third-order valence-corrected chi connectivity index (χ3v) is 10.0. The Bertz CT molecular complexity index is 1430. The van der Waals surface area contributed by atoms with Crippen molar-refractivity contribution in [3.63, 3.8) is 0 Å². The van der Waals surface area contributed by atoms with Crippen LogP contribution in [0.4, 0.5) is 0 Å². The summed E-state index contributed by atoms with van der Waals surface area (Å²) in [7, 11) is 0. The molecule has 3 aliphatic carbocycles. The molecule has 0 bridgehead atoms. The van der Waals surface area contributed by atoms with Gasteiger partial charge in [-0.25, -0.2) is 0 Å². The number of hydrogen-bond donors (Lipinski definition) is 1. The molecular formula is C31H34ClN3O5.